The molecule has 2 bridgehead atoms. The number of rotatable bonds is 2. The normalized spacial score (nSPS) is 20.0. The number of carbonyl (C=O) groups excluding carboxylic acids is 1. The molecule has 4 aromatic rings. The lowest BCUT2D eigenvalue weighted by atomic mass is 9.87. The number of ether oxygens (including phenoxy) is 1. The number of hydrogen-bond donors (Lipinski definition) is 1. The standard InChI is InChI=1S/C31H31N7O3/c1-35-18-20-15-21(6-8-24(20)31(19-35)10-11-31)33-30-32-17-23-28(34-30)38-22-7-9-26-25(16-22)36(13-14-41-26)27(39)5-3-2-4-12-37(38)29(23)40/h2,4,6-9,15-17H,3,5,10-14,18-19H2,1H3,(H,32,33,34)/b4-2-. The molecule has 5 heterocycles. The second kappa shape index (κ2) is 9.04. The van der Waals surface area contributed by atoms with Crippen LogP contribution in [0.25, 0.3) is 16.7 Å². The first-order valence-electron chi connectivity index (χ1n) is 14.3. The van der Waals surface area contributed by atoms with Gasteiger partial charge < -0.3 is 19.9 Å². The van der Waals surface area contributed by atoms with Gasteiger partial charge in [0.1, 0.15) is 17.7 Å². The third kappa shape index (κ3) is 3.96. The Hall–Kier alpha value is -4.44. The Morgan fingerprint density at radius 1 is 1.07 bits per heavy atom. The van der Waals surface area contributed by atoms with Crippen molar-refractivity contribution in [1.82, 2.24) is 24.2 Å². The van der Waals surface area contributed by atoms with Crippen LogP contribution in [0.5, 0.6) is 5.75 Å². The zero-order chi connectivity index (χ0) is 27.7. The molecule has 0 radical (unpaired) electrons. The lowest BCUT2D eigenvalue weighted by Gasteiger charge is -2.32. The molecular formula is C31H31N7O3. The molecule has 1 spiro atoms. The summed E-state index contributed by atoms with van der Waals surface area (Å²) >= 11 is 0. The molecule has 10 heteroatoms. The zero-order valence-electron chi connectivity index (χ0n) is 23.0. The van der Waals surface area contributed by atoms with Gasteiger partial charge in [0, 0.05) is 36.8 Å². The Morgan fingerprint density at radius 3 is 2.85 bits per heavy atom. The highest BCUT2D eigenvalue weighted by atomic mass is 16.5. The van der Waals surface area contributed by atoms with Gasteiger partial charge in [-0.15, -0.1) is 0 Å². The highest BCUT2D eigenvalue weighted by Crippen LogP contribution is 2.52. The lowest BCUT2D eigenvalue weighted by molar-refractivity contribution is -0.118. The van der Waals surface area contributed by atoms with E-state index >= 15 is 0 Å². The summed E-state index contributed by atoms with van der Waals surface area (Å²) in [5.41, 5.74) is 5.83. The summed E-state index contributed by atoms with van der Waals surface area (Å²) < 4.78 is 9.36. The van der Waals surface area contributed by atoms with Crippen molar-refractivity contribution < 1.29 is 9.53 Å². The lowest BCUT2D eigenvalue weighted by Crippen LogP contribution is -2.38. The van der Waals surface area contributed by atoms with Crippen LogP contribution in [-0.2, 0) is 23.3 Å². The van der Waals surface area contributed by atoms with Crippen molar-refractivity contribution >= 4 is 34.3 Å². The minimum atomic E-state index is -0.165. The highest BCUT2D eigenvalue weighted by molar-refractivity contribution is 5.96. The van der Waals surface area contributed by atoms with Gasteiger partial charge in [-0.1, -0.05) is 18.2 Å². The fraction of sp³-hybridized carbons (Fsp3) is 0.355. The summed E-state index contributed by atoms with van der Waals surface area (Å²) in [6.07, 6.45) is 9.00. The van der Waals surface area contributed by atoms with Gasteiger partial charge in [-0.3, -0.25) is 9.59 Å². The van der Waals surface area contributed by atoms with Gasteiger partial charge in [-0.2, -0.15) is 4.98 Å². The first kappa shape index (κ1) is 24.4. The maximum Gasteiger partial charge on any atom is 0.278 e. The number of nitrogens with zero attached hydrogens (tertiary/aromatic N) is 6. The van der Waals surface area contributed by atoms with E-state index in [1.165, 1.54) is 24.0 Å². The van der Waals surface area contributed by atoms with Crippen LogP contribution in [0.2, 0.25) is 0 Å². The quantitative estimate of drug-likeness (QED) is 0.379. The zero-order valence-corrected chi connectivity index (χ0v) is 23.0. The van der Waals surface area contributed by atoms with Crippen LogP contribution in [0, 0.1) is 0 Å². The average molecular weight is 550 g/mol. The molecule has 1 aliphatic carbocycles. The third-order valence-corrected chi connectivity index (χ3v) is 8.80. The smallest absolute Gasteiger partial charge is 0.278 e. The number of hydrogen-bond acceptors (Lipinski definition) is 7. The van der Waals surface area contributed by atoms with Gasteiger partial charge >= 0.3 is 0 Å². The number of allylic oxidation sites excluding steroid dienone is 2. The van der Waals surface area contributed by atoms with Gasteiger partial charge in [0.25, 0.3) is 5.56 Å². The van der Waals surface area contributed by atoms with Crippen molar-refractivity contribution in [3.05, 3.63) is 76.2 Å². The molecule has 8 rings (SSSR count). The summed E-state index contributed by atoms with van der Waals surface area (Å²) in [5, 5.41) is 3.82. The van der Waals surface area contributed by atoms with Crippen LogP contribution in [-0.4, -0.2) is 56.9 Å². The molecule has 4 aliphatic rings. The van der Waals surface area contributed by atoms with E-state index < -0.39 is 0 Å². The van der Waals surface area contributed by atoms with E-state index in [2.05, 4.69) is 40.4 Å². The van der Waals surface area contributed by atoms with E-state index in [-0.39, 0.29) is 11.5 Å². The fourth-order valence-corrected chi connectivity index (χ4v) is 6.72. The average Bonchev–Trinajstić information content (AvgIpc) is 3.67. The molecule has 10 nitrogen and oxygen atoms in total. The molecule has 2 aromatic carbocycles. The van der Waals surface area contributed by atoms with E-state index in [4.69, 9.17) is 9.72 Å². The van der Waals surface area contributed by atoms with Crippen LogP contribution >= 0.6 is 0 Å². The van der Waals surface area contributed by atoms with Crippen LogP contribution < -0.4 is 20.5 Å². The summed E-state index contributed by atoms with van der Waals surface area (Å²) in [4.78, 5) is 40.2. The second-order valence-electron chi connectivity index (χ2n) is 11.6. The number of aromatic nitrogens is 4. The molecule has 0 unspecified atom stereocenters. The second-order valence-corrected chi connectivity index (χ2v) is 11.6. The minimum absolute atomic E-state index is 0.0596. The molecule has 1 fully saturated rings. The number of fused-ring (bicyclic) bond motifs is 7. The number of likely N-dealkylation sites (N-methyl/N-ethyl adjacent to an activating group) is 1. The summed E-state index contributed by atoms with van der Waals surface area (Å²) in [6, 6.07) is 12.2. The third-order valence-electron chi connectivity index (χ3n) is 8.80. The molecule has 1 amide bonds. The Balaban J connectivity index is 1.23. The van der Waals surface area contributed by atoms with Gasteiger partial charge in [0.15, 0.2) is 5.65 Å². The Morgan fingerprint density at radius 2 is 1.98 bits per heavy atom. The van der Waals surface area contributed by atoms with Crippen LogP contribution in [0.1, 0.15) is 36.8 Å². The SMILES string of the molecule is CN1Cc2cc(Nc3ncc4c(=O)n5n(c4n3)-c3ccc4c(c3)N(CCO4)C(=O)CC/C=C\C5)ccc2C2(CC2)C1. The van der Waals surface area contributed by atoms with E-state index in [0.29, 0.717) is 66.4 Å². The Labute approximate surface area is 236 Å². The first-order valence-corrected chi connectivity index (χ1v) is 14.3. The number of carbonyl (C=O) groups is 1. The van der Waals surface area contributed by atoms with Crippen molar-refractivity contribution in [2.24, 2.45) is 0 Å². The molecular weight excluding hydrogens is 518 g/mol. The maximum atomic E-state index is 13.6. The highest BCUT2D eigenvalue weighted by Gasteiger charge is 2.48. The number of benzene rings is 2. The van der Waals surface area contributed by atoms with Gasteiger partial charge in [0.05, 0.1) is 24.5 Å². The first-order chi connectivity index (χ1) is 20.0. The summed E-state index contributed by atoms with van der Waals surface area (Å²) in [6.45, 7) is 3.34. The van der Waals surface area contributed by atoms with Crippen molar-refractivity contribution in [3.63, 3.8) is 0 Å². The molecule has 1 saturated carbocycles. The van der Waals surface area contributed by atoms with E-state index in [9.17, 15) is 9.59 Å². The van der Waals surface area contributed by atoms with Gasteiger partial charge in [0.2, 0.25) is 11.9 Å². The fourth-order valence-electron chi connectivity index (χ4n) is 6.72. The van der Waals surface area contributed by atoms with Crippen molar-refractivity contribution in [1.29, 1.82) is 0 Å². The molecule has 0 saturated heterocycles. The number of amides is 1. The van der Waals surface area contributed by atoms with Gasteiger partial charge in [-0.05, 0) is 67.8 Å². The van der Waals surface area contributed by atoms with Crippen LogP contribution in [0.15, 0.2) is 59.5 Å². The number of anilines is 3. The monoisotopic (exact) mass is 549 g/mol. The molecule has 2 aromatic heterocycles. The van der Waals surface area contributed by atoms with Crippen molar-refractivity contribution in [2.45, 2.75) is 44.2 Å². The van der Waals surface area contributed by atoms with Crippen molar-refractivity contribution in [3.8, 4) is 11.4 Å². The summed E-state index contributed by atoms with van der Waals surface area (Å²) in [7, 11) is 2.18. The van der Waals surface area contributed by atoms with E-state index in [1.807, 2.05) is 35.0 Å². The van der Waals surface area contributed by atoms with Crippen molar-refractivity contribution in [2.75, 3.05) is 37.0 Å². The van der Waals surface area contributed by atoms with Gasteiger partial charge in [-0.25, -0.2) is 14.3 Å². The molecule has 41 heavy (non-hydrogen) atoms. The van der Waals surface area contributed by atoms with E-state index in [1.54, 1.807) is 15.8 Å². The van der Waals surface area contributed by atoms with Crippen LogP contribution in [0.4, 0.5) is 17.3 Å². The van der Waals surface area contributed by atoms with Crippen LogP contribution in [0.3, 0.4) is 0 Å². The topological polar surface area (TPSA) is 97.5 Å². The summed E-state index contributed by atoms with van der Waals surface area (Å²) in [5.74, 6) is 1.14. The Kier molecular flexibility index (Phi) is 5.37. The maximum absolute atomic E-state index is 13.6. The molecule has 1 N–H and O–H groups in total. The minimum Gasteiger partial charge on any atom is -0.490 e. The molecule has 208 valence electrons. The predicted molar refractivity (Wildman–Crippen MR) is 156 cm³/mol. The largest absolute Gasteiger partial charge is 0.490 e. The van der Waals surface area contributed by atoms with E-state index in [0.717, 1.165) is 24.5 Å². The molecule has 3 aliphatic heterocycles. The Bertz CT molecular complexity index is 1820. The molecule has 0 atom stereocenters. The number of nitrogens with one attached hydrogen (secondary N) is 1. The predicted octanol–water partition coefficient (Wildman–Crippen LogP) is 3.88.